The van der Waals surface area contributed by atoms with E-state index in [1.807, 2.05) is 36.4 Å². The molecule has 0 saturated heterocycles. The SMILES string of the molecule is C=CC(=O)OCCC(=O)Nc1cc2nc3cc(N(CC)CC)ccc3nc2c2ccccc12. The highest BCUT2D eigenvalue weighted by Crippen LogP contribution is 2.32. The number of carbonyl (C=O) groups excluding carboxylic acids is 2. The molecule has 1 amide bonds. The van der Waals surface area contributed by atoms with Crippen LogP contribution in [0.15, 0.2) is 61.2 Å². The van der Waals surface area contributed by atoms with Crippen LogP contribution in [-0.2, 0) is 14.3 Å². The van der Waals surface area contributed by atoms with E-state index in [4.69, 9.17) is 14.7 Å². The van der Waals surface area contributed by atoms with E-state index >= 15 is 0 Å². The summed E-state index contributed by atoms with van der Waals surface area (Å²) in [6, 6.07) is 15.8. The van der Waals surface area contributed by atoms with Crippen molar-refractivity contribution in [1.82, 2.24) is 9.97 Å². The molecule has 33 heavy (non-hydrogen) atoms. The smallest absolute Gasteiger partial charge is 0.330 e. The number of nitrogens with zero attached hydrogens (tertiary/aromatic N) is 3. The number of hydrogen-bond donors (Lipinski definition) is 1. The number of aromatic nitrogens is 2. The van der Waals surface area contributed by atoms with Crippen molar-refractivity contribution >= 4 is 56.1 Å². The van der Waals surface area contributed by atoms with Gasteiger partial charge in [-0.3, -0.25) is 4.79 Å². The van der Waals surface area contributed by atoms with Crippen LogP contribution in [0.5, 0.6) is 0 Å². The predicted octanol–water partition coefficient (Wildman–Crippen LogP) is 4.84. The van der Waals surface area contributed by atoms with E-state index in [0.717, 1.165) is 52.2 Å². The van der Waals surface area contributed by atoms with E-state index in [1.54, 1.807) is 0 Å². The quantitative estimate of drug-likeness (QED) is 0.182. The maximum Gasteiger partial charge on any atom is 0.330 e. The molecule has 0 spiro atoms. The number of hydrogen-bond acceptors (Lipinski definition) is 6. The van der Waals surface area contributed by atoms with E-state index in [2.05, 4.69) is 42.8 Å². The van der Waals surface area contributed by atoms with Crippen LogP contribution in [0.2, 0.25) is 0 Å². The lowest BCUT2D eigenvalue weighted by Gasteiger charge is -2.21. The number of esters is 1. The van der Waals surface area contributed by atoms with E-state index < -0.39 is 5.97 Å². The molecule has 0 unspecified atom stereocenters. The molecule has 0 saturated carbocycles. The van der Waals surface area contributed by atoms with Crippen molar-refractivity contribution in [3.8, 4) is 0 Å². The topological polar surface area (TPSA) is 84.4 Å². The first kappa shape index (κ1) is 22.2. The van der Waals surface area contributed by atoms with Gasteiger partial charge in [-0.25, -0.2) is 14.8 Å². The summed E-state index contributed by atoms with van der Waals surface area (Å²) in [6.45, 7) is 9.40. The number of anilines is 2. The van der Waals surface area contributed by atoms with Crippen molar-refractivity contribution in [2.45, 2.75) is 20.3 Å². The minimum Gasteiger partial charge on any atom is -0.462 e. The number of ether oxygens (including phenoxy) is 1. The summed E-state index contributed by atoms with van der Waals surface area (Å²) in [4.78, 5) is 35.7. The van der Waals surface area contributed by atoms with Gasteiger partial charge in [-0.1, -0.05) is 30.8 Å². The van der Waals surface area contributed by atoms with Gasteiger partial charge in [0.25, 0.3) is 0 Å². The van der Waals surface area contributed by atoms with Gasteiger partial charge in [0, 0.05) is 35.6 Å². The van der Waals surface area contributed by atoms with Crippen LogP contribution >= 0.6 is 0 Å². The van der Waals surface area contributed by atoms with Crippen LogP contribution in [-0.4, -0.2) is 41.5 Å². The third-order valence-corrected chi connectivity index (χ3v) is 5.57. The Labute approximate surface area is 192 Å². The Kier molecular flexibility index (Phi) is 6.49. The van der Waals surface area contributed by atoms with Gasteiger partial charge in [0.2, 0.25) is 5.91 Å². The largest absolute Gasteiger partial charge is 0.462 e. The number of rotatable bonds is 8. The van der Waals surface area contributed by atoms with Gasteiger partial charge in [-0.05, 0) is 38.1 Å². The summed E-state index contributed by atoms with van der Waals surface area (Å²) in [5.41, 5.74) is 4.86. The van der Waals surface area contributed by atoms with Crippen molar-refractivity contribution in [3.05, 3.63) is 61.2 Å². The minimum absolute atomic E-state index is 0.0131. The summed E-state index contributed by atoms with van der Waals surface area (Å²) >= 11 is 0. The fraction of sp³-hybridized carbons (Fsp3) is 0.231. The maximum atomic E-state index is 12.5. The lowest BCUT2D eigenvalue weighted by Crippen LogP contribution is -2.21. The van der Waals surface area contributed by atoms with E-state index in [1.165, 1.54) is 0 Å². The molecule has 0 aliphatic heterocycles. The molecule has 3 aromatic carbocycles. The Morgan fingerprint density at radius 3 is 2.48 bits per heavy atom. The molecule has 1 heterocycles. The molecule has 0 aliphatic rings. The normalized spacial score (nSPS) is 11.0. The van der Waals surface area contributed by atoms with Crippen LogP contribution in [0.1, 0.15) is 20.3 Å². The zero-order valence-corrected chi connectivity index (χ0v) is 18.8. The lowest BCUT2D eigenvalue weighted by atomic mass is 10.1. The van der Waals surface area contributed by atoms with Crippen LogP contribution < -0.4 is 10.2 Å². The Hall–Kier alpha value is -4.00. The molecule has 4 aromatic rings. The van der Waals surface area contributed by atoms with Gasteiger partial charge in [-0.2, -0.15) is 0 Å². The van der Waals surface area contributed by atoms with Crippen molar-refractivity contribution < 1.29 is 14.3 Å². The second-order valence-electron chi connectivity index (χ2n) is 7.58. The molecule has 168 valence electrons. The van der Waals surface area contributed by atoms with Crippen molar-refractivity contribution in [2.24, 2.45) is 0 Å². The predicted molar refractivity (Wildman–Crippen MR) is 133 cm³/mol. The van der Waals surface area contributed by atoms with Gasteiger partial charge in [0.1, 0.15) is 6.61 Å². The number of amides is 1. The summed E-state index contributed by atoms with van der Waals surface area (Å²) in [7, 11) is 0. The Morgan fingerprint density at radius 1 is 1.00 bits per heavy atom. The summed E-state index contributed by atoms with van der Waals surface area (Å²) in [5.74, 6) is -0.806. The highest BCUT2D eigenvalue weighted by molar-refractivity contribution is 6.14. The highest BCUT2D eigenvalue weighted by atomic mass is 16.5. The van der Waals surface area contributed by atoms with Crippen LogP contribution in [0, 0.1) is 0 Å². The number of fused-ring (bicyclic) bond motifs is 4. The van der Waals surface area contributed by atoms with Gasteiger partial charge >= 0.3 is 5.97 Å². The third kappa shape index (κ3) is 4.62. The third-order valence-electron chi connectivity index (χ3n) is 5.57. The second-order valence-corrected chi connectivity index (χ2v) is 7.58. The van der Waals surface area contributed by atoms with Crippen LogP contribution in [0.25, 0.3) is 32.8 Å². The highest BCUT2D eigenvalue weighted by Gasteiger charge is 2.13. The fourth-order valence-corrected chi connectivity index (χ4v) is 3.90. The van der Waals surface area contributed by atoms with Gasteiger partial charge in [0.05, 0.1) is 34.2 Å². The molecule has 0 bridgehead atoms. The summed E-state index contributed by atoms with van der Waals surface area (Å²) in [5, 5.41) is 4.71. The molecule has 0 fully saturated rings. The minimum atomic E-state index is -0.551. The maximum absolute atomic E-state index is 12.5. The molecule has 7 heteroatoms. The van der Waals surface area contributed by atoms with Gasteiger partial charge in [-0.15, -0.1) is 0 Å². The molecular formula is C26H26N4O3. The molecule has 0 atom stereocenters. The number of benzene rings is 3. The molecule has 1 N–H and O–H groups in total. The number of nitrogens with one attached hydrogen (secondary N) is 1. The van der Waals surface area contributed by atoms with E-state index in [-0.39, 0.29) is 18.9 Å². The summed E-state index contributed by atoms with van der Waals surface area (Å²) < 4.78 is 4.91. The van der Waals surface area contributed by atoms with Crippen molar-refractivity contribution in [1.29, 1.82) is 0 Å². The average Bonchev–Trinajstić information content (AvgIpc) is 2.83. The molecular weight excluding hydrogens is 416 g/mol. The van der Waals surface area contributed by atoms with Crippen molar-refractivity contribution in [2.75, 3.05) is 29.9 Å². The zero-order chi connectivity index (χ0) is 23.4. The second kappa shape index (κ2) is 9.65. The van der Waals surface area contributed by atoms with E-state index in [0.29, 0.717) is 11.2 Å². The standard InChI is InChI=1S/C26H26N4O3/c1-4-25(32)33-14-13-24(31)28-21-16-23-26(19-10-8-7-9-18(19)21)29-20-12-11-17(15-22(20)27-23)30(5-2)6-3/h4,7-12,15-16H,1,5-6,13-14H2,2-3H3,(H,28,31). The zero-order valence-electron chi connectivity index (χ0n) is 18.8. The fourth-order valence-electron chi connectivity index (χ4n) is 3.90. The lowest BCUT2D eigenvalue weighted by molar-refractivity contribution is -0.138. The Morgan fingerprint density at radius 2 is 1.76 bits per heavy atom. The molecule has 0 aliphatic carbocycles. The molecule has 0 radical (unpaired) electrons. The monoisotopic (exact) mass is 442 g/mol. The first-order valence-corrected chi connectivity index (χ1v) is 11.0. The van der Waals surface area contributed by atoms with Crippen LogP contribution in [0.3, 0.4) is 0 Å². The average molecular weight is 443 g/mol. The molecule has 1 aromatic heterocycles. The first-order valence-electron chi connectivity index (χ1n) is 11.0. The first-order chi connectivity index (χ1) is 16.0. The Balaban J connectivity index is 1.74. The van der Waals surface area contributed by atoms with E-state index in [9.17, 15) is 9.59 Å². The Bertz CT molecular complexity index is 1360. The number of carbonyl (C=O) groups is 2. The van der Waals surface area contributed by atoms with Gasteiger partial charge < -0.3 is 15.0 Å². The summed E-state index contributed by atoms with van der Waals surface area (Å²) in [6.07, 6.45) is 1.12. The van der Waals surface area contributed by atoms with Crippen LogP contribution in [0.4, 0.5) is 11.4 Å². The van der Waals surface area contributed by atoms with Crippen molar-refractivity contribution in [3.63, 3.8) is 0 Å². The molecule has 4 rings (SSSR count). The van der Waals surface area contributed by atoms with Gasteiger partial charge in [0.15, 0.2) is 0 Å². The molecule has 7 nitrogen and oxygen atoms in total.